The zero-order valence-electron chi connectivity index (χ0n) is 17.4. The first-order valence-corrected chi connectivity index (χ1v) is 10.3. The van der Waals surface area contributed by atoms with Crippen molar-refractivity contribution in [3.8, 4) is 11.3 Å². The molecule has 0 saturated carbocycles. The summed E-state index contributed by atoms with van der Waals surface area (Å²) in [6.45, 7) is 7.45. The van der Waals surface area contributed by atoms with E-state index in [4.69, 9.17) is 4.42 Å². The van der Waals surface area contributed by atoms with E-state index in [1.54, 1.807) is 12.4 Å². The quantitative estimate of drug-likeness (QED) is 0.644. The third kappa shape index (κ3) is 4.12. The summed E-state index contributed by atoms with van der Waals surface area (Å²) in [7, 11) is 0. The van der Waals surface area contributed by atoms with Crippen LogP contribution >= 0.6 is 0 Å². The normalized spacial score (nSPS) is 16.6. The first kappa shape index (κ1) is 19.9. The predicted octanol–water partition coefficient (Wildman–Crippen LogP) is 3.71. The monoisotopic (exact) mass is 406 g/mol. The van der Waals surface area contributed by atoms with Crippen molar-refractivity contribution >= 4 is 23.6 Å². The molecule has 8 heteroatoms. The van der Waals surface area contributed by atoms with Crippen LogP contribution in [0.15, 0.2) is 47.1 Å². The van der Waals surface area contributed by atoms with Gasteiger partial charge < -0.3 is 20.0 Å². The minimum absolute atomic E-state index is 0.0123. The van der Waals surface area contributed by atoms with Gasteiger partial charge in [0, 0.05) is 36.2 Å². The van der Waals surface area contributed by atoms with Gasteiger partial charge in [0.25, 0.3) is 6.01 Å². The van der Waals surface area contributed by atoms with Gasteiger partial charge in [-0.3, -0.25) is 4.79 Å². The molecule has 8 nitrogen and oxygen atoms in total. The highest BCUT2D eigenvalue weighted by atomic mass is 16.4. The molecule has 0 bridgehead atoms. The molecule has 1 aromatic carbocycles. The van der Waals surface area contributed by atoms with E-state index >= 15 is 0 Å². The summed E-state index contributed by atoms with van der Waals surface area (Å²) in [5, 5.41) is 6.15. The Morgan fingerprint density at radius 1 is 1.30 bits per heavy atom. The lowest BCUT2D eigenvalue weighted by molar-refractivity contribution is -0.123. The lowest BCUT2D eigenvalue weighted by Crippen LogP contribution is -2.55. The number of hydrogen-bond donors (Lipinski definition) is 2. The van der Waals surface area contributed by atoms with Crippen LogP contribution in [-0.4, -0.2) is 40.0 Å². The lowest BCUT2D eigenvalue weighted by Gasteiger charge is -2.33. The van der Waals surface area contributed by atoms with Crippen LogP contribution in [-0.2, 0) is 4.79 Å². The predicted molar refractivity (Wildman–Crippen MR) is 116 cm³/mol. The molecule has 0 radical (unpaired) electrons. The maximum Gasteiger partial charge on any atom is 0.298 e. The van der Waals surface area contributed by atoms with E-state index in [9.17, 15) is 4.79 Å². The molecule has 0 spiro atoms. The average Bonchev–Trinajstić information content (AvgIpc) is 3.24. The van der Waals surface area contributed by atoms with Crippen LogP contribution in [0.5, 0.6) is 0 Å². The maximum atomic E-state index is 12.1. The molecular formula is C22H26N6O2. The van der Waals surface area contributed by atoms with Gasteiger partial charge in [0.15, 0.2) is 5.76 Å². The van der Waals surface area contributed by atoms with Crippen molar-refractivity contribution in [2.24, 2.45) is 0 Å². The Labute approximate surface area is 175 Å². The number of carbonyl (C=O) groups is 1. The molecule has 30 heavy (non-hydrogen) atoms. The maximum absolute atomic E-state index is 12.1. The van der Waals surface area contributed by atoms with E-state index in [1.807, 2.05) is 42.2 Å². The van der Waals surface area contributed by atoms with Crippen LogP contribution in [0.2, 0.25) is 0 Å². The van der Waals surface area contributed by atoms with E-state index in [0.29, 0.717) is 43.2 Å². The van der Waals surface area contributed by atoms with Crippen molar-refractivity contribution in [3.63, 3.8) is 0 Å². The van der Waals surface area contributed by atoms with Crippen molar-refractivity contribution < 1.29 is 9.21 Å². The zero-order chi connectivity index (χ0) is 21.1. The molecule has 3 heterocycles. The Hall–Kier alpha value is -3.42. The Balaban J connectivity index is 1.55. The van der Waals surface area contributed by atoms with Gasteiger partial charge in [-0.2, -0.15) is 0 Å². The summed E-state index contributed by atoms with van der Waals surface area (Å²) >= 11 is 0. The fourth-order valence-electron chi connectivity index (χ4n) is 3.51. The van der Waals surface area contributed by atoms with Crippen LogP contribution in [0.1, 0.15) is 38.8 Å². The van der Waals surface area contributed by atoms with Gasteiger partial charge in [0.1, 0.15) is 6.04 Å². The van der Waals surface area contributed by atoms with Crippen molar-refractivity contribution in [1.82, 2.24) is 20.3 Å². The number of nitrogens with zero attached hydrogens (tertiary/aromatic N) is 4. The fourth-order valence-corrected chi connectivity index (χ4v) is 3.51. The number of carbonyl (C=O) groups excluding carboxylic acids is 1. The van der Waals surface area contributed by atoms with Gasteiger partial charge in [-0.1, -0.05) is 32.9 Å². The number of oxazole rings is 1. The molecular weight excluding hydrogens is 380 g/mol. The molecule has 1 unspecified atom stereocenters. The number of hydrogen-bond acceptors (Lipinski definition) is 7. The summed E-state index contributed by atoms with van der Waals surface area (Å²) in [6, 6.07) is 9.95. The summed E-state index contributed by atoms with van der Waals surface area (Å²) in [6.07, 6.45) is 4.15. The molecule has 1 aliphatic heterocycles. The summed E-state index contributed by atoms with van der Waals surface area (Å²) in [4.78, 5) is 27.3. The Morgan fingerprint density at radius 3 is 2.97 bits per heavy atom. The standard InChI is InChI=1S/C22H26N6O2/c1-4-18-20(29)23-10-11-28(18)22-25-13-19(30-22)15-6-5-7-16(12-15)26-21-24-9-8-17(27-21)14(2)3/h5-9,12-14,18H,4,10-11H2,1-3H3,(H,23,29)(H,24,26,27). The van der Waals surface area contributed by atoms with E-state index in [1.165, 1.54) is 0 Å². The lowest BCUT2D eigenvalue weighted by atomic mass is 10.1. The summed E-state index contributed by atoms with van der Waals surface area (Å²) < 4.78 is 6.02. The number of nitrogens with one attached hydrogen (secondary N) is 2. The van der Waals surface area contributed by atoms with Crippen molar-refractivity contribution in [2.45, 2.75) is 39.2 Å². The third-order valence-electron chi connectivity index (χ3n) is 5.13. The molecule has 3 aromatic rings. The number of amides is 1. The Bertz CT molecular complexity index is 1030. The molecule has 1 amide bonds. The topological polar surface area (TPSA) is 96.2 Å². The minimum atomic E-state index is -0.261. The van der Waals surface area contributed by atoms with Crippen LogP contribution in [0.4, 0.5) is 17.7 Å². The van der Waals surface area contributed by atoms with E-state index in [2.05, 4.69) is 39.4 Å². The highest BCUT2D eigenvalue weighted by Crippen LogP contribution is 2.29. The third-order valence-corrected chi connectivity index (χ3v) is 5.13. The van der Waals surface area contributed by atoms with Gasteiger partial charge in [-0.05, 0) is 30.5 Å². The van der Waals surface area contributed by atoms with Gasteiger partial charge in [0.05, 0.1) is 6.20 Å². The summed E-state index contributed by atoms with van der Waals surface area (Å²) in [5.74, 6) is 1.54. The van der Waals surface area contributed by atoms with Crippen LogP contribution in [0, 0.1) is 0 Å². The van der Waals surface area contributed by atoms with Gasteiger partial charge in [-0.15, -0.1) is 0 Å². The van der Waals surface area contributed by atoms with Crippen molar-refractivity contribution in [3.05, 3.63) is 48.4 Å². The average molecular weight is 406 g/mol. The van der Waals surface area contributed by atoms with E-state index < -0.39 is 0 Å². The minimum Gasteiger partial charge on any atom is -0.423 e. The Morgan fingerprint density at radius 2 is 2.17 bits per heavy atom. The number of piperazine rings is 1. The largest absolute Gasteiger partial charge is 0.423 e. The second kappa shape index (κ2) is 8.52. The van der Waals surface area contributed by atoms with Gasteiger partial charge >= 0.3 is 0 Å². The van der Waals surface area contributed by atoms with Crippen molar-refractivity contribution in [1.29, 1.82) is 0 Å². The van der Waals surface area contributed by atoms with Crippen LogP contribution < -0.4 is 15.5 Å². The SMILES string of the molecule is CCC1C(=O)NCCN1c1ncc(-c2cccc(Nc3nccc(C(C)C)n3)c2)o1. The van der Waals surface area contributed by atoms with Crippen LogP contribution in [0.25, 0.3) is 11.3 Å². The number of rotatable bonds is 6. The molecule has 1 atom stereocenters. The molecule has 1 aliphatic rings. The highest BCUT2D eigenvalue weighted by molar-refractivity contribution is 5.85. The zero-order valence-corrected chi connectivity index (χ0v) is 17.4. The first-order chi connectivity index (χ1) is 14.5. The first-order valence-electron chi connectivity index (χ1n) is 10.3. The second-order valence-corrected chi connectivity index (χ2v) is 7.58. The molecule has 4 rings (SSSR count). The molecule has 156 valence electrons. The fraction of sp³-hybridized carbons (Fsp3) is 0.364. The van der Waals surface area contributed by atoms with Gasteiger partial charge in [-0.25, -0.2) is 15.0 Å². The second-order valence-electron chi connectivity index (χ2n) is 7.58. The molecule has 0 aliphatic carbocycles. The summed E-state index contributed by atoms with van der Waals surface area (Å²) in [5.41, 5.74) is 2.72. The van der Waals surface area contributed by atoms with E-state index in [-0.39, 0.29) is 11.9 Å². The van der Waals surface area contributed by atoms with Crippen LogP contribution in [0.3, 0.4) is 0 Å². The molecule has 1 fully saturated rings. The molecule has 2 N–H and O–H groups in total. The van der Waals surface area contributed by atoms with Gasteiger partial charge in [0.2, 0.25) is 11.9 Å². The number of anilines is 3. The highest BCUT2D eigenvalue weighted by Gasteiger charge is 2.31. The smallest absolute Gasteiger partial charge is 0.298 e. The molecule has 1 saturated heterocycles. The Kier molecular flexibility index (Phi) is 5.65. The molecule has 2 aromatic heterocycles. The number of benzene rings is 1. The number of aromatic nitrogens is 3. The van der Waals surface area contributed by atoms with E-state index in [0.717, 1.165) is 16.9 Å². The van der Waals surface area contributed by atoms with Crippen molar-refractivity contribution in [2.75, 3.05) is 23.3 Å².